The first-order valence-electron chi connectivity index (χ1n) is 8.44. The Bertz CT molecular complexity index is 542. The van der Waals surface area contributed by atoms with Crippen LogP contribution in [0.25, 0.3) is 0 Å². The van der Waals surface area contributed by atoms with Crippen LogP contribution in [-0.2, 0) is 4.74 Å². The van der Waals surface area contributed by atoms with Crippen molar-refractivity contribution < 1.29 is 9.53 Å². The second-order valence-electron chi connectivity index (χ2n) is 7.28. The molecule has 1 fully saturated rings. The lowest BCUT2D eigenvalue weighted by molar-refractivity contribution is 0.0121. The molecule has 0 spiro atoms. The van der Waals surface area contributed by atoms with Crippen molar-refractivity contribution in [2.75, 3.05) is 38.1 Å². The van der Waals surface area contributed by atoms with Crippen LogP contribution in [0.4, 0.5) is 10.5 Å². The van der Waals surface area contributed by atoms with Gasteiger partial charge in [0.2, 0.25) is 0 Å². The van der Waals surface area contributed by atoms with Crippen molar-refractivity contribution in [1.29, 1.82) is 0 Å². The van der Waals surface area contributed by atoms with E-state index in [1.165, 1.54) is 0 Å². The molecular formula is C18H28ClN3O2. The summed E-state index contributed by atoms with van der Waals surface area (Å²) in [4.78, 5) is 16.7. The van der Waals surface area contributed by atoms with Crippen LogP contribution in [0.1, 0.15) is 27.7 Å². The Kier molecular flexibility index (Phi) is 6.49. The third-order valence-electron chi connectivity index (χ3n) is 4.30. The van der Waals surface area contributed by atoms with E-state index in [-0.39, 0.29) is 5.54 Å². The molecule has 1 heterocycles. The van der Waals surface area contributed by atoms with E-state index in [1.54, 1.807) is 24.3 Å². The van der Waals surface area contributed by atoms with Crippen molar-refractivity contribution in [2.45, 2.75) is 39.3 Å². The van der Waals surface area contributed by atoms with Gasteiger partial charge < -0.3 is 4.74 Å². The van der Waals surface area contributed by atoms with Crippen molar-refractivity contribution in [3.05, 3.63) is 29.3 Å². The van der Waals surface area contributed by atoms with E-state index >= 15 is 0 Å². The van der Waals surface area contributed by atoms with Gasteiger partial charge in [-0.15, -0.1) is 0 Å². The molecule has 0 aliphatic carbocycles. The third kappa shape index (κ3) is 5.65. The number of carbonyl (C=O) groups is 1. The first-order valence-corrected chi connectivity index (χ1v) is 8.82. The molecule has 1 N–H and O–H groups in total. The fraction of sp³-hybridized carbons (Fsp3) is 0.611. The lowest BCUT2D eigenvalue weighted by atomic mass is 10.0. The Balaban J connectivity index is 1.69. The molecule has 1 atom stereocenters. The van der Waals surface area contributed by atoms with Gasteiger partial charge in [-0.05, 0) is 52.0 Å². The zero-order valence-corrected chi connectivity index (χ0v) is 15.8. The zero-order chi connectivity index (χ0) is 17.7. The van der Waals surface area contributed by atoms with Crippen molar-refractivity contribution in [1.82, 2.24) is 9.80 Å². The number of anilines is 1. The summed E-state index contributed by atoms with van der Waals surface area (Å²) in [5, 5.41) is 3.33. The SMILES string of the molecule is CC1CN(CCOC(=O)Nc2ccc(Cl)cc2)CCN1C(C)(C)C. The minimum atomic E-state index is -0.432. The monoisotopic (exact) mass is 353 g/mol. The van der Waals surface area contributed by atoms with Crippen LogP contribution in [0, 0.1) is 0 Å². The Morgan fingerprint density at radius 1 is 1.29 bits per heavy atom. The van der Waals surface area contributed by atoms with Gasteiger partial charge in [0.1, 0.15) is 6.61 Å². The number of nitrogens with one attached hydrogen (secondary N) is 1. The maximum Gasteiger partial charge on any atom is 0.411 e. The number of amides is 1. The number of ether oxygens (including phenoxy) is 1. The topological polar surface area (TPSA) is 44.8 Å². The molecule has 1 amide bonds. The van der Waals surface area contributed by atoms with Crippen LogP contribution in [0.3, 0.4) is 0 Å². The maximum absolute atomic E-state index is 11.8. The largest absolute Gasteiger partial charge is 0.448 e. The summed E-state index contributed by atoms with van der Waals surface area (Å²) >= 11 is 5.82. The summed E-state index contributed by atoms with van der Waals surface area (Å²) < 4.78 is 5.27. The number of nitrogens with zero attached hydrogens (tertiary/aromatic N) is 2. The Morgan fingerprint density at radius 2 is 1.96 bits per heavy atom. The van der Waals surface area contributed by atoms with Gasteiger partial charge in [0.15, 0.2) is 0 Å². The number of rotatable bonds is 4. The lowest BCUT2D eigenvalue weighted by Crippen LogP contribution is -2.58. The van der Waals surface area contributed by atoms with Gasteiger partial charge in [0.05, 0.1) is 0 Å². The van der Waals surface area contributed by atoms with Crippen LogP contribution < -0.4 is 5.32 Å². The molecule has 1 aromatic rings. The molecule has 1 saturated heterocycles. The van der Waals surface area contributed by atoms with Crippen LogP contribution in [0.5, 0.6) is 0 Å². The Hall–Kier alpha value is -1.30. The van der Waals surface area contributed by atoms with E-state index in [0.29, 0.717) is 23.4 Å². The van der Waals surface area contributed by atoms with Crippen LogP contribution in [0.2, 0.25) is 5.02 Å². The first-order chi connectivity index (χ1) is 11.3. The molecule has 0 bridgehead atoms. The molecule has 0 radical (unpaired) electrons. The first kappa shape index (κ1) is 19.0. The fourth-order valence-corrected chi connectivity index (χ4v) is 3.31. The van der Waals surface area contributed by atoms with Gasteiger partial charge >= 0.3 is 6.09 Å². The number of piperazine rings is 1. The average molecular weight is 354 g/mol. The second kappa shape index (κ2) is 8.19. The van der Waals surface area contributed by atoms with Gasteiger partial charge in [-0.25, -0.2) is 4.79 Å². The van der Waals surface area contributed by atoms with E-state index in [4.69, 9.17) is 16.3 Å². The van der Waals surface area contributed by atoms with Crippen LogP contribution >= 0.6 is 11.6 Å². The van der Waals surface area contributed by atoms with E-state index < -0.39 is 6.09 Å². The van der Waals surface area contributed by atoms with E-state index in [9.17, 15) is 4.79 Å². The summed E-state index contributed by atoms with van der Waals surface area (Å²) in [5.41, 5.74) is 0.873. The fourth-order valence-electron chi connectivity index (χ4n) is 3.19. The van der Waals surface area contributed by atoms with Gasteiger partial charge in [0, 0.05) is 48.5 Å². The van der Waals surface area contributed by atoms with Crippen molar-refractivity contribution in [3.8, 4) is 0 Å². The number of benzene rings is 1. The highest BCUT2D eigenvalue weighted by Crippen LogP contribution is 2.20. The van der Waals surface area contributed by atoms with Gasteiger partial charge in [-0.3, -0.25) is 15.1 Å². The molecule has 5 nitrogen and oxygen atoms in total. The normalized spacial score (nSPS) is 20.0. The van der Waals surface area contributed by atoms with Gasteiger partial charge in [-0.2, -0.15) is 0 Å². The molecule has 1 unspecified atom stereocenters. The molecule has 1 aliphatic rings. The molecular weight excluding hydrogens is 326 g/mol. The maximum atomic E-state index is 11.8. The molecule has 1 aliphatic heterocycles. The number of carbonyl (C=O) groups excluding carboxylic acids is 1. The standard InChI is InChI=1S/C18H28ClN3O2/c1-14-13-21(9-10-22(14)18(2,3)4)11-12-24-17(23)20-16-7-5-15(19)6-8-16/h5-8,14H,9-13H2,1-4H3,(H,20,23). The highest BCUT2D eigenvalue weighted by molar-refractivity contribution is 6.30. The predicted octanol–water partition coefficient (Wildman–Crippen LogP) is 3.69. The number of hydrogen-bond acceptors (Lipinski definition) is 4. The van der Waals surface area contributed by atoms with Crippen molar-refractivity contribution in [3.63, 3.8) is 0 Å². The molecule has 2 rings (SSSR count). The van der Waals surface area contributed by atoms with Crippen LogP contribution in [-0.4, -0.2) is 60.3 Å². The van der Waals surface area contributed by atoms with E-state index in [1.807, 2.05) is 0 Å². The quantitative estimate of drug-likeness (QED) is 0.896. The second-order valence-corrected chi connectivity index (χ2v) is 7.72. The molecule has 24 heavy (non-hydrogen) atoms. The lowest BCUT2D eigenvalue weighted by Gasteiger charge is -2.46. The molecule has 0 saturated carbocycles. The highest BCUT2D eigenvalue weighted by Gasteiger charge is 2.31. The number of hydrogen-bond donors (Lipinski definition) is 1. The number of halogens is 1. The minimum absolute atomic E-state index is 0.195. The predicted molar refractivity (Wildman–Crippen MR) is 98.8 cm³/mol. The smallest absolute Gasteiger partial charge is 0.411 e. The highest BCUT2D eigenvalue weighted by atomic mass is 35.5. The Labute approximate surface area is 149 Å². The summed E-state index contributed by atoms with van der Waals surface area (Å²) in [7, 11) is 0. The van der Waals surface area contributed by atoms with Crippen molar-refractivity contribution in [2.24, 2.45) is 0 Å². The third-order valence-corrected chi connectivity index (χ3v) is 4.56. The molecule has 134 valence electrons. The summed E-state index contributed by atoms with van der Waals surface area (Å²) in [5.74, 6) is 0. The van der Waals surface area contributed by atoms with Gasteiger partial charge in [0.25, 0.3) is 0 Å². The Morgan fingerprint density at radius 3 is 2.54 bits per heavy atom. The van der Waals surface area contributed by atoms with Crippen molar-refractivity contribution >= 4 is 23.4 Å². The molecule has 6 heteroatoms. The van der Waals surface area contributed by atoms with Gasteiger partial charge in [-0.1, -0.05) is 11.6 Å². The summed E-state index contributed by atoms with van der Waals surface area (Å²) in [6, 6.07) is 7.45. The molecule has 0 aromatic heterocycles. The van der Waals surface area contributed by atoms with Crippen LogP contribution in [0.15, 0.2) is 24.3 Å². The average Bonchev–Trinajstić information content (AvgIpc) is 2.48. The summed E-state index contributed by atoms with van der Waals surface area (Å²) in [6.07, 6.45) is -0.432. The minimum Gasteiger partial charge on any atom is -0.448 e. The summed E-state index contributed by atoms with van der Waals surface area (Å²) in [6.45, 7) is 13.2. The van der Waals surface area contributed by atoms with E-state index in [0.717, 1.165) is 26.2 Å². The molecule has 1 aromatic carbocycles. The van der Waals surface area contributed by atoms with E-state index in [2.05, 4.69) is 42.8 Å². The zero-order valence-electron chi connectivity index (χ0n) is 15.0.